The van der Waals surface area contributed by atoms with Gasteiger partial charge in [-0.05, 0) is 66.8 Å². The number of benzene rings is 3. The van der Waals surface area contributed by atoms with Crippen molar-refractivity contribution in [3.63, 3.8) is 0 Å². The van der Waals surface area contributed by atoms with Gasteiger partial charge in [-0.15, -0.1) is 0 Å². The number of aliphatic hydroxyl groups excluding tert-OH is 1. The molecule has 1 heterocycles. The Bertz CT molecular complexity index is 1400. The summed E-state index contributed by atoms with van der Waals surface area (Å²) in [4.78, 5) is 41.4. The van der Waals surface area contributed by atoms with Crippen LogP contribution in [0.1, 0.15) is 50.5 Å². The van der Waals surface area contributed by atoms with Crippen molar-refractivity contribution in [3.05, 3.63) is 84.4 Å². The third-order valence-corrected chi connectivity index (χ3v) is 9.14. The second kappa shape index (κ2) is 17.5. The molecule has 0 radical (unpaired) electrons. The number of nitrogens with zero attached hydrogens (tertiary/aromatic N) is 3. The molecule has 2 aliphatic rings. The average molecular weight is 629 g/mol. The predicted octanol–water partition coefficient (Wildman–Crippen LogP) is 6.34. The van der Waals surface area contributed by atoms with Crippen molar-refractivity contribution in [2.45, 2.75) is 51.6 Å². The Morgan fingerprint density at radius 2 is 1.48 bits per heavy atom. The molecule has 5 rings (SSSR count). The molecule has 3 aromatic carbocycles. The second-order valence-corrected chi connectivity index (χ2v) is 12.4. The van der Waals surface area contributed by atoms with Crippen molar-refractivity contribution in [1.82, 2.24) is 9.80 Å². The van der Waals surface area contributed by atoms with Crippen LogP contribution in [-0.4, -0.2) is 78.2 Å². The number of fused-ring (bicyclic) bond motifs is 1. The maximum Gasteiger partial charge on any atom is 0.409 e. The van der Waals surface area contributed by atoms with E-state index in [4.69, 9.17) is 10.2 Å². The summed E-state index contributed by atoms with van der Waals surface area (Å²) in [5.41, 5.74) is 4.13. The van der Waals surface area contributed by atoms with Crippen LogP contribution < -0.4 is 10.2 Å². The van der Waals surface area contributed by atoms with Crippen molar-refractivity contribution >= 4 is 29.3 Å². The van der Waals surface area contributed by atoms with Crippen LogP contribution in [-0.2, 0) is 16.2 Å². The molecule has 3 N–H and O–H groups in total. The van der Waals surface area contributed by atoms with E-state index in [0.29, 0.717) is 25.1 Å². The lowest BCUT2D eigenvalue weighted by Crippen LogP contribution is -2.32. The monoisotopic (exact) mass is 628 g/mol. The zero-order chi connectivity index (χ0) is 32.9. The molecule has 46 heavy (non-hydrogen) atoms. The molecule has 3 amide bonds. The number of hydrogen-bond acceptors (Lipinski definition) is 5. The number of carbonyl (C=O) groups is 3. The minimum atomic E-state index is -1.05. The Hall–Kier alpha value is -4.21. The zero-order valence-corrected chi connectivity index (χ0v) is 27.1. The number of carboxylic acid groups (broad SMARTS) is 1. The molecule has 246 valence electrons. The van der Waals surface area contributed by atoms with Gasteiger partial charge in [-0.1, -0.05) is 67.1 Å². The molecule has 0 bridgehead atoms. The first-order valence-corrected chi connectivity index (χ1v) is 16.3. The molecule has 1 saturated carbocycles. The number of likely N-dealkylation sites (tertiary alicyclic amines) is 1. The van der Waals surface area contributed by atoms with Crippen LogP contribution in [0, 0.1) is 11.8 Å². The first-order valence-electron chi connectivity index (χ1n) is 16.3. The summed E-state index contributed by atoms with van der Waals surface area (Å²) in [5.74, 6) is 2.03. The minimum Gasteiger partial charge on any atom is -0.465 e. The fourth-order valence-electron chi connectivity index (χ4n) is 6.42. The van der Waals surface area contributed by atoms with Crippen molar-refractivity contribution in [2.24, 2.45) is 11.8 Å². The van der Waals surface area contributed by atoms with Gasteiger partial charge in [0.25, 0.3) is 0 Å². The van der Waals surface area contributed by atoms with Gasteiger partial charge in [0.05, 0.1) is 12.3 Å². The third-order valence-electron chi connectivity index (χ3n) is 9.14. The molecule has 1 saturated heterocycles. The van der Waals surface area contributed by atoms with E-state index in [1.165, 1.54) is 32.4 Å². The van der Waals surface area contributed by atoms with Gasteiger partial charge in [0.1, 0.15) is 0 Å². The van der Waals surface area contributed by atoms with Crippen molar-refractivity contribution < 1.29 is 24.6 Å². The molecule has 9 heteroatoms. The quantitative estimate of drug-likeness (QED) is 0.202. The van der Waals surface area contributed by atoms with Gasteiger partial charge in [0.2, 0.25) is 11.8 Å². The number of rotatable bonds is 12. The molecule has 9 nitrogen and oxygen atoms in total. The third kappa shape index (κ3) is 10.2. The van der Waals surface area contributed by atoms with E-state index in [1.54, 1.807) is 24.1 Å². The lowest BCUT2D eigenvalue weighted by Gasteiger charge is -2.21. The highest BCUT2D eigenvalue weighted by molar-refractivity contribution is 5.92. The summed E-state index contributed by atoms with van der Waals surface area (Å²) in [6, 6.07) is 24.3. The van der Waals surface area contributed by atoms with E-state index in [2.05, 4.69) is 10.2 Å². The number of para-hydroxylation sites is 1. The lowest BCUT2D eigenvalue weighted by atomic mass is 10.0. The first-order chi connectivity index (χ1) is 22.2. The molecule has 0 spiro atoms. The normalized spacial score (nSPS) is 17.0. The summed E-state index contributed by atoms with van der Waals surface area (Å²) in [5, 5.41) is 20.2. The van der Waals surface area contributed by atoms with E-state index in [0.717, 1.165) is 53.6 Å². The standard InChI is InChI=1S/C24H37N3O3.C13H11NO2/c1-25(23(29)13-15-27-16-20-6-5-7-21(20)17-27)14-4-3-8-24(30)26(2)22-11-9-19(18-28)10-12-22;15-13(16)14-12-9-5-4-8-11(12)10-6-2-1-3-7-10/h9-12,20-21,28H,3-8,13-18H2,1-2H3;1-9,14H,(H,15,16). The van der Waals surface area contributed by atoms with Gasteiger partial charge in [-0.3, -0.25) is 14.9 Å². The average Bonchev–Trinajstić information content (AvgIpc) is 3.68. The number of aliphatic hydroxyl groups is 1. The smallest absolute Gasteiger partial charge is 0.409 e. The Labute approximate surface area is 272 Å². The largest absolute Gasteiger partial charge is 0.465 e. The van der Waals surface area contributed by atoms with E-state index < -0.39 is 6.09 Å². The summed E-state index contributed by atoms with van der Waals surface area (Å²) in [6.07, 6.45) is 5.75. The Balaban J connectivity index is 0.000000252. The van der Waals surface area contributed by atoms with Crippen LogP contribution in [0.2, 0.25) is 0 Å². The van der Waals surface area contributed by atoms with Gasteiger partial charge in [0, 0.05) is 64.4 Å². The summed E-state index contributed by atoms with van der Waals surface area (Å²) in [7, 11) is 3.65. The van der Waals surface area contributed by atoms with E-state index in [1.807, 2.05) is 78.7 Å². The lowest BCUT2D eigenvalue weighted by molar-refractivity contribution is -0.130. The second-order valence-electron chi connectivity index (χ2n) is 12.4. The number of hydrogen-bond donors (Lipinski definition) is 3. The fourth-order valence-corrected chi connectivity index (χ4v) is 6.42. The van der Waals surface area contributed by atoms with E-state index in [-0.39, 0.29) is 18.4 Å². The SMILES string of the molecule is CN(CCCCC(=O)N(C)c1ccc(CO)cc1)C(=O)CCN1CC2CCCC2C1.O=C(O)Nc1ccccc1-c1ccccc1. The zero-order valence-electron chi connectivity index (χ0n) is 27.1. The van der Waals surface area contributed by atoms with Crippen LogP contribution in [0.3, 0.4) is 0 Å². The minimum absolute atomic E-state index is 0.00322. The molecule has 0 aromatic heterocycles. The first kappa shape index (κ1) is 34.7. The molecule has 2 fully saturated rings. The van der Waals surface area contributed by atoms with Crippen molar-refractivity contribution in [2.75, 3.05) is 50.5 Å². The molecular formula is C37H48N4O5. The summed E-state index contributed by atoms with van der Waals surface area (Å²) < 4.78 is 0. The van der Waals surface area contributed by atoms with Gasteiger partial charge in [0.15, 0.2) is 0 Å². The van der Waals surface area contributed by atoms with Crippen LogP contribution in [0.5, 0.6) is 0 Å². The number of unbranched alkanes of at least 4 members (excludes halogenated alkanes) is 1. The van der Waals surface area contributed by atoms with Crippen LogP contribution >= 0.6 is 0 Å². The summed E-state index contributed by atoms with van der Waals surface area (Å²) in [6.45, 7) is 3.95. The number of anilines is 2. The fraction of sp³-hybridized carbons (Fsp3) is 0.432. The van der Waals surface area contributed by atoms with Gasteiger partial charge in [-0.25, -0.2) is 4.79 Å². The molecular weight excluding hydrogens is 580 g/mol. The summed E-state index contributed by atoms with van der Waals surface area (Å²) >= 11 is 0. The van der Waals surface area contributed by atoms with E-state index >= 15 is 0 Å². The van der Waals surface area contributed by atoms with Crippen LogP contribution in [0.4, 0.5) is 16.2 Å². The maximum atomic E-state index is 12.4. The molecule has 1 aliphatic carbocycles. The Morgan fingerprint density at radius 1 is 0.826 bits per heavy atom. The molecule has 2 atom stereocenters. The highest BCUT2D eigenvalue weighted by Crippen LogP contribution is 2.37. The van der Waals surface area contributed by atoms with Crippen molar-refractivity contribution in [1.29, 1.82) is 0 Å². The number of amides is 3. The topological polar surface area (TPSA) is 113 Å². The number of nitrogens with one attached hydrogen (secondary N) is 1. The maximum absolute atomic E-state index is 12.4. The predicted molar refractivity (Wildman–Crippen MR) is 183 cm³/mol. The molecule has 1 aliphatic heterocycles. The van der Waals surface area contributed by atoms with Crippen molar-refractivity contribution in [3.8, 4) is 11.1 Å². The Kier molecular flexibility index (Phi) is 13.2. The highest BCUT2D eigenvalue weighted by atomic mass is 16.4. The van der Waals surface area contributed by atoms with Crippen LogP contribution in [0.25, 0.3) is 11.1 Å². The number of carbonyl (C=O) groups excluding carboxylic acids is 2. The van der Waals surface area contributed by atoms with Gasteiger partial charge < -0.3 is 24.9 Å². The Morgan fingerprint density at radius 3 is 2.13 bits per heavy atom. The molecule has 2 unspecified atom stereocenters. The van der Waals surface area contributed by atoms with Gasteiger partial charge in [-0.2, -0.15) is 0 Å². The van der Waals surface area contributed by atoms with E-state index in [9.17, 15) is 14.4 Å². The van der Waals surface area contributed by atoms with Gasteiger partial charge >= 0.3 is 6.09 Å². The highest BCUT2D eigenvalue weighted by Gasteiger charge is 2.35. The van der Waals surface area contributed by atoms with Crippen LogP contribution in [0.15, 0.2) is 78.9 Å². The molecule has 3 aromatic rings.